The minimum Gasteiger partial charge on any atom is -0.497 e. The van der Waals surface area contributed by atoms with E-state index in [2.05, 4.69) is 0 Å². The Balaban J connectivity index is 2.23. The van der Waals surface area contributed by atoms with E-state index in [1.807, 2.05) is 0 Å². The normalized spacial score (nSPS) is 24.0. The first-order chi connectivity index (χ1) is 11.0. The van der Waals surface area contributed by atoms with Gasteiger partial charge in [-0.15, -0.1) is 0 Å². The van der Waals surface area contributed by atoms with Crippen LogP contribution in [0.2, 0.25) is 0 Å². The molecule has 6 nitrogen and oxygen atoms in total. The molecule has 2 N–H and O–H groups in total. The number of carbonyl (C=O) groups is 2. The van der Waals surface area contributed by atoms with Crippen LogP contribution in [0.3, 0.4) is 0 Å². The topological polar surface area (TPSA) is 93.1 Å². The van der Waals surface area contributed by atoms with Crippen molar-refractivity contribution in [2.75, 3.05) is 20.3 Å². The number of carbonyl (C=O) groups excluding carboxylic acids is 2. The zero-order valence-electron chi connectivity index (χ0n) is 13.2. The standard InChI is InChI=1S/C17H22O6/c1-22-13-7-5-12(6-8-13)15(19)17(21)9-3-2-4-14(17)16(20)23-11-10-18/h5-8,14,18,21H,2-4,9-11H2,1H3. The second kappa shape index (κ2) is 7.57. The first kappa shape index (κ1) is 17.4. The monoisotopic (exact) mass is 322 g/mol. The molecule has 126 valence electrons. The Morgan fingerprint density at radius 1 is 1.26 bits per heavy atom. The van der Waals surface area contributed by atoms with Crippen LogP contribution in [0.25, 0.3) is 0 Å². The van der Waals surface area contributed by atoms with Gasteiger partial charge in [-0.25, -0.2) is 0 Å². The summed E-state index contributed by atoms with van der Waals surface area (Å²) in [4.78, 5) is 24.9. The minimum atomic E-state index is -1.76. The number of methoxy groups -OCH3 is 1. The summed E-state index contributed by atoms with van der Waals surface area (Å²) in [6, 6.07) is 6.42. The molecule has 0 heterocycles. The Kier molecular flexibility index (Phi) is 5.74. The number of hydrogen-bond acceptors (Lipinski definition) is 6. The van der Waals surface area contributed by atoms with Crippen LogP contribution < -0.4 is 4.74 Å². The van der Waals surface area contributed by atoms with Crippen molar-refractivity contribution < 1.29 is 29.3 Å². The van der Waals surface area contributed by atoms with Crippen molar-refractivity contribution in [2.24, 2.45) is 5.92 Å². The molecule has 0 spiro atoms. The third kappa shape index (κ3) is 3.71. The predicted octanol–water partition coefficient (Wildman–Crippen LogP) is 1.33. The highest BCUT2D eigenvalue weighted by Gasteiger charge is 2.49. The van der Waals surface area contributed by atoms with Gasteiger partial charge in [-0.3, -0.25) is 9.59 Å². The first-order valence-corrected chi connectivity index (χ1v) is 7.71. The maximum atomic E-state index is 12.8. The van der Waals surface area contributed by atoms with Gasteiger partial charge in [0.05, 0.1) is 19.6 Å². The van der Waals surface area contributed by atoms with Gasteiger partial charge in [0.1, 0.15) is 18.0 Å². The summed E-state index contributed by atoms with van der Waals surface area (Å²) < 4.78 is 9.98. The number of rotatable bonds is 6. The number of ketones is 1. The number of ether oxygens (including phenoxy) is 2. The maximum absolute atomic E-state index is 12.8. The molecule has 0 aromatic heterocycles. The zero-order chi connectivity index (χ0) is 16.9. The Bertz CT molecular complexity index is 553. The fourth-order valence-corrected chi connectivity index (χ4v) is 2.98. The average Bonchev–Trinajstić information content (AvgIpc) is 2.59. The third-order valence-corrected chi connectivity index (χ3v) is 4.24. The van der Waals surface area contributed by atoms with Crippen LogP contribution in [0.15, 0.2) is 24.3 Å². The van der Waals surface area contributed by atoms with E-state index in [1.165, 1.54) is 7.11 Å². The summed E-state index contributed by atoms with van der Waals surface area (Å²) >= 11 is 0. The summed E-state index contributed by atoms with van der Waals surface area (Å²) in [6.45, 7) is -0.425. The fourth-order valence-electron chi connectivity index (χ4n) is 2.98. The van der Waals surface area contributed by atoms with Gasteiger partial charge in [-0.2, -0.15) is 0 Å². The summed E-state index contributed by atoms with van der Waals surface area (Å²) in [5, 5.41) is 19.7. The SMILES string of the molecule is COc1ccc(C(=O)C2(O)CCCCC2C(=O)OCCO)cc1. The Morgan fingerprint density at radius 3 is 2.57 bits per heavy atom. The molecule has 1 saturated carbocycles. The summed E-state index contributed by atoms with van der Waals surface area (Å²) in [5.41, 5.74) is -1.44. The van der Waals surface area contributed by atoms with Crippen LogP contribution in [0.1, 0.15) is 36.0 Å². The largest absolute Gasteiger partial charge is 0.497 e. The third-order valence-electron chi connectivity index (χ3n) is 4.24. The lowest BCUT2D eigenvalue weighted by Crippen LogP contribution is -2.51. The molecule has 2 unspecified atom stereocenters. The molecule has 1 fully saturated rings. The molecule has 1 aliphatic carbocycles. The molecule has 0 bridgehead atoms. The maximum Gasteiger partial charge on any atom is 0.312 e. The lowest BCUT2D eigenvalue weighted by Gasteiger charge is -2.37. The van der Waals surface area contributed by atoms with Crippen molar-refractivity contribution in [1.82, 2.24) is 0 Å². The van der Waals surface area contributed by atoms with Gasteiger partial charge >= 0.3 is 5.97 Å². The summed E-state index contributed by atoms with van der Waals surface area (Å²) in [7, 11) is 1.53. The van der Waals surface area contributed by atoms with Crippen molar-refractivity contribution in [3.8, 4) is 5.75 Å². The predicted molar refractivity (Wildman–Crippen MR) is 82.3 cm³/mol. The van der Waals surface area contributed by atoms with E-state index in [4.69, 9.17) is 14.6 Å². The van der Waals surface area contributed by atoms with Crippen LogP contribution in [0.4, 0.5) is 0 Å². The van der Waals surface area contributed by atoms with E-state index >= 15 is 0 Å². The van der Waals surface area contributed by atoms with Crippen LogP contribution >= 0.6 is 0 Å². The highest BCUT2D eigenvalue weighted by molar-refractivity contribution is 6.05. The van der Waals surface area contributed by atoms with Crippen LogP contribution in [-0.2, 0) is 9.53 Å². The van der Waals surface area contributed by atoms with Crippen molar-refractivity contribution in [2.45, 2.75) is 31.3 Å². The Labute approximate surface area is 135 Å². The van der Waals surface area contributed by atoms with E-state index < -0.39 is 23.3 Å². The highest BCUT2D eigenvalue weighted by atomic mass is 16.5. The number of hydrogen-bond donors (Lipinski definition) is 2. The summed E-state index contributed by atoms with van der Waals surface area (Å²) in [5.74, 6) is -1.41. The van der Waals surface area contributed by atoms with Crippen molar-refractivity contribution in [3.05, 3.63) is 29.8 Å². The molecular weight excluding hydrogens is 300 g/mol. The molecule has 6 heteroatoms. The highest BCUT2D eigenvalue weighted by Crippen LogP contribution is 2.37. The molecule has 1 aromatic carbocycles. The molecule has 23 heavy (non-hydrogen) atoms. The molecule has 0 aliphatic heterocycles. The van der Waals surface area contributed by atoms with Crippen LogP contribution in [0, 0.1) is 5.92 Å². The Morgan fingerprint density at radius 2 is 1.96 bits per heavy atom. The van der Waals surface area contributed by atoms with Crippen molar-refractivity contribution in [3.63, 3.8) is 0 Å². The minimum absolute atomic E-state index is 0.137. The van der Waals surface area contributed by atoms with Crippen LogP contribution in [0.5, 0.6) is 5.75 Å². The van der Waals surface area contributed by atoms with E-state index in [0.717, 1.165) is 6.42 Å². The van der Waals surface area contributed by atoms with Gasteiger partial charge in [0.25, 0.3) is 0 Å². The molecule has 0 saturated heterocycles. The molecule has 1 aliphatic rings. The zero-order valence-corrected chi connectivity index (χ0v) is 13.2. The second-order valence-corrected chi connectivity index (χ2v) is 5.67. The van der Waals surface area contributed by atoms with Gasteiger partial charge in [0.2, 0.25) is 0 Å². The molecule has 0 radical (unpaired) electrons. The molecule has 1 aromatic rings. The smallest absolute Gasteiger partial charge is 0.312 e. The van der Waals surface area contributed by atoms with E-state index in [-0.39, 0.29) is 19.6 Å². The van der Waals surface area contributed by atoms with Gasteiger partial charge in [0, 0.05) is 5.56 Å². The van der Waals surface area contributed by atoms with Crippen LogP contribution in [-0.4, -0.2) is 47.9 Å². The van der Waals surface area contributed by atoms with Gasteiger partial charge in [-0.05, 0) is 37.1 Å². The van der Waals surface area contributed by atoms with Gasteiger partial charge in [0.15, 0.2) is 5.78 Å². The lowest BCUT2D eigenvalue weighted by atomic mass is 9.71. The lowest BCUT2D eigenvalue weighted by molar-refractivity contribution is -0.159. The first-order valence-electron chi connectivity index (χ1n) is 7.71. The van der Waals surface area contributed by atoms with E-state index in [1.54, 1.807) is 24.3 Å². The number of aliphatic hydroxyl groups is 2. The van der Waals surface area contributed by atoms with E-state index in [9.17, 15) is 14.7 Å². The number of Topliss-reactive ketones (excluding diaryl/α,β-unsaturated/α-hetero) is 1. The number of aliphatic hydroxyl groups excluding tert-OH is 1. The van der Waals surface area contributed by atoms with Gasteiger partial charge < -0.3 is 19.7 Å². The number of esters is 1. The second-order valence-electron chi connectivity index (χ2n) is 5.67. The Hall–Kier alpha value is -1.92. The summed E-state index contributed by atoms with van der Waals surface area (Å²) in [6.07, 6.45) is 2.03. The fraction of sp³-hybridized carbons (Fsp3) is 0.529. The molecule has 2 rings (SSSR count). The number of benzene rings is 1. The van der Waals surface area contributed by atoms with Crippen molar-refractivity contribution >= 4 is 11.8 Å². The van der Waals surface area contributed by atoms with Crippen molar-refractivity contribution in [1.29, 1.82) is 0 Å². The van der Waals surface area contributed by atoms with E-state index in [0.29, 0.717) is 24.2 Å². The average molecular weight is 322 g/mol. The molecule has 0 amide bonds. The van der Waals surface area contributed by atoms with Gasteiger partial charge in [-0.1, -0.05) is 12.8 Å². The molecule has 2 atom stereocenters. The quantitative estimate of drug-likeness (QED) is 0.606. The molecular formula is C17H22O6.